The van der Waals surface area contributed by atoms with Crippen molar-refractivity contribution < 1.29 is 24.5 Å². The van der Waals surface area contributed by atoms with E-state index in [1.54, 1.807) is 14.2 Å². The Morgan fingerprint density at radius 2 is 1.71 bits per heavy atom. The summed E-state index contributed by atoms with van der Waals surface area (Å²) in [5.41, 5.74) is 5.49. The van der Waals surface area contributed by atoms with Crippen LogP contribution in [-0.4, -0.2) is 35.0 Å². The maximum absolute atomic E-state index is 11.6. The van der Waals surface area contributed by atoms with E-state index in [0.29, 0.717) is 30.4 Å². The molecule has 1 aliphatic rings. The zero-order valence-corrected chi connectivity index (χ0v) is 20.7. The fourth-order valence-corrected chi connectivity index (χ4v) is 5.37. The average molecular weight is 478 g/mol. The van der Waals surface area contributed by atoms with Gasteiger partial charge in [0, 0.05) is 36.8 Å². The average Bonchev–Trinajstić information content (AvgIpc) is 3.48. The van der Waals surface area contributed by atoms with Crippen LogP contribution in [0.3, 0.4) is 0 Å². The molecule has 2 atom stereocenters. The number of aliphatic carboxylic acids is 1. The van der Waals surface area contributed by atoms with E-state index < -0.39 is 12.1 Å². The number of aryl methyl sites for hydroxylation is 1. The van der Waals surface area contributed by atoms with Gasteiger partial charge in [0.2, 0.25) is 0 Å². The second kappa shape index (κ2) is 11.0. The predicted molar refractivity (Wildman–Crippen MR) is 135 cm³/mol. The van der Waals surface area contributed by atoms with Crippen LogP contribution in [0.1, 0.15) is 46.8 Å². The zero-order valence-electron chi connectivity index (χ0n) is 20.7. The summed E-state index contributed by atoms with van der Waals surface area (Å²) >= 11 is 0. The van der Waals surface area contributed by atoms with E-state index in [0.717, 1.165) is 36.0 Å². The fourth-order valence-electron chi connectivity index (χ4n) is 5.37. The van der Waals surface area contributed by atoms with Gasteiger partial charge in [0.25, 0.3) is 0 Å². The first-order valence-electron chi connectivity index (χ1n) is 12.2. The number of carbonyl (C=O) groups is 1. The molecule has 0 saturated carbocycles. The molecule has 0 fully saturated rings. The van der Waals surface area contributed by atoms with E-state index in [1.165, 1.54) is 11.1 Å². The predicted octanol–water partition coefficient (Wildman–Crippen LogP) is 4.99. The molecule has 35 heavy (non-hydrogen) atoms. The number of aliphatic hydroxyl groups excluding tert-OH is 1. The van der Waals surface area contributed by atoms with E-state index in [-0.39, 0.29) is 12.3 Å². The van der Waals surface area contributed by atoms with Gasteiger partial charge in [-0.1, -0.05) is 24.3 Å². The lowest BCUT2D eigenvalue weighted by Crippen LogP contribution is -2.22. The molecule has 1 aliphatic carbocycles. The quantitative estimate of drug-likeness (QED) is 0.407. The lowest BCUT2D eigenvalue weighted by Gasteiger charge is -2.27. The molecule has 0 unspecified atom stereocenters. The summed E-state index contributed by atoms with van der Waals surface area (Å²) in [4.78, 5) is 11.0. The van der Waals surface area contributed by atoms with Crippen molar-refractivity contribution in [1.29, 1.82) is 0 Å². The highest BCUT2D eigenvalue weighted by Gasteiger charge is 2.30. The number of carboxylic acids is 1. The first kappa shape index (κ1) is 24.9. The standard InChI is InChI=1S/C29H35NO5/c1-19-26(34-2)15-24(16-27(19)35-3)29(33)25(14-21-12-22-6-4-5-7-23(22)13-21)18-30-11-10-20(17-30)8-9-28(31)32/h4-7,10-11,15-17,21,25,29,33H,8-9,12-14,18H2,1-3H3,(H,31,32)/t25-,29+/m1/s1. The van der Waals surface area contributed by atoms with Crippen molar-refractivity contribution in [1.82, 2.24) is 4.57 Å². The molecule has 0 aliphatic heterocycles. The van der Waals surface area contributed by atoms with E-state index in [4.69, 9.17) is 14.6 Å². The molecule has 0 amide bonds. The molecule has 0 radical (unpaired) electrons. The van der Waals surface area contributed by atoms with Gasteiger partial charge in [-0.15, -0.1) is 0 Å². The number of carboxylic acid groups (broad SMARTS) is 1. The SMILES string of the molecule is COc1cc([C@H](O)[C@H](CC2Cc3ccccc3C2)Cn2ccc(CCC(=O)O)c2)cc(OC)c1C. The van der Waals surface area contributed by atoms with Gasteiger partial charge < -0.3 is 24.3 Å². The van der Waals surface area contributed by atoms with E-state index in [1.807, 2.05) is 37.5 Å². The molecule has 6 nitrogen and oxygen atoms in total. The maximum Gasteiger partial charge on any atom is 0.303 e. The minimum absolute atomic E-state index is 0.0360. The number of hydrogen-bond acceptors (Lipinski definition) is 4. The van der Waals surface area contributed by atoms with Gasteiger partial charge in [-0.3, -0.25) is 4.79 Å². The van der Waals surface area contributed by atoms with Crippen LogP contribution < -0.4 is 9.47 Å². The molecule has 0 saturated heterocycles. The van der Waals surface area contributed by atoms with E-state index in [9.17, 15) is 9.90 Å². The Morgan fingerprint density at radius 3 is 2.29 bits per heavy atom. The van der Waals surface area contributed by atoms with Gasteiger partial charge in [-0.2, -0.15) is 0 Å². The smallest absolute Gasteiger partial charge is 0.303 e. The van der Waals surface area contributed by atoms with Gasteiger partial charge in [0.1, 0.15) is 11.5 Å². The molecular formula is C29H35NO5. The Hall–Kier alpha value is -3.25. The second-order valence-electron chi connectivity index (χ2n) is 9.64. The lowest BCUT2D eigenvalue weighted by molar-refractivity contribution is -0.136. The Bertz CT molecular complexity index is 1120. The monoisotopic (exact) mass is 477 g/mol. The van der Waals surface area contributed by atoms with Crippen LogP contribution in [0.4, 0.5) is 0 Å². The van der Waals surface area contributed by atoms with Crippen LogP contribution in [-0.2, 0) is 30.6 Å². The fraction of sp³-hybridized carbons (Fsp3) is 0.414. The van der Waals surface area contributed by atoms with Gasteiger partial charge in [-0.05, 0) is 79.0 Å². The molecule has 2 aromatic carbocycles. The van der Waals surface area contributed by atoms with Gasteiger partial charge >= 0.3 is 5.97 Å². The Balaban J connectivity index is 1.58. The van der Waals surface area contributed by atoms with Crippen molar-refractivity contribution in [2.45, 2.75) is 51.7 Å². The van der Waals surface area contributed by atoms with Crippen molar-refractivity contribution in [2.75, 3.05) is 14.2 Å². The van der Waals surface area contributed by atoms with Crippen LogP contribution in [0.5, 0.6) is 11.5 Å². The van der Waals surface area contributed by atoms with Crippen LogP contribution in [0.15, 0.2) is 54.9 Å². The number of methoxy groups -OCH3 is 2. The van der Waals surface area contributed by atoms with Crippen LogP contribution in [0.2, 0.25) is 0 Å². The summed E-state index contributed by atoms with van der Waals surface area (Å²) in [6.07, 6.45) is 6.81. The number of nitrogens with zero attached hydrogens (tertiary/aromatic N) is 1. The first-order valence-corrected chi connectivity index (χ1v) is 12.2. The van der Waals surface area contributed by atoms with Crippen molar-refractivity contribution in [3.63, 3.8) is 0 Å². The van der Waals surface area contributed by atoms with Gasteiger partial charge in [-0.25, -0.2) is 0 Å². The molecule has 1 aromatic heterocycles. The highest BCUT2D eigenvalue weighted by Crippen LogP contribution is 2.39. The molecular weight excluding hydrogens is 442 g/mol. The summed E-state index contributed by atoms with van der Waals surface area (Å²) in [5.74, 6) is 1.02. The third kappa shape index (κ3) is 5.88. The third-order valence-electron chi connectivity index (χ3n) is 7.22. The normalized spacial score (nSPS) is 15.0. The molecule has 0 bridgehead atoms. The zero-order chi connectivity index (χ0) is 24.9. The Kier molecular flexibility index (Phi) is 7.81. The van der Waals surface area contributed by atoms with Crippen molar-refractivity contribution in [3.05, 3.63) is 82.7 Å². The molecule has 1 heterocycles. The van der Waals surface area contributed by atoms with Crippen molar-refractivity contribution >= 4 is 5.97 Å². The summed E-state index contributed by atoms with van der Waals surface area (Å²) < 4.78 is 13.2. The van der Waals surface area contributed by atoms with E-state index >= 15 is 0 Å². The minimum Gasteiger partial charge on any atom is -0.496 e. The molecule has 6 heteroatoms. The number of benzene rings is 2. The number of hydrogen-bond donors (Lipinski definition) is 2. The lowest BCUT2D eigenvalue weighted by atomic mass is 9.85. The highest BCUT2D eigenvalue weighted by atomic mass is 16.5. The summed E-state index contributed by atoms with van der Waals surface area (Å²) in [6.45, 7) is 2.58. The number of aromatic nitrogens is 1. The molecule has 4 rings (SSSR count). The van der Waals surface area contributed by atoms with Crippen LogP contribution >= 0.6 is 0 Å². The minimum atomic E-state index is -0.797. The molecule has 3 aromatic rings. The molecule has 186 valence electrons. The number of fused-ring (bicyclic) bond motifs is 1. The van der Waals surface area contributed by atoms with Crippen molar-refractivity contribution in [3.8, 4) is 11.5 Å². The van der Waals surface area contributed by atoms with Crippen LogP contribution in [0, 0.1) is 18.8 Å². The van der Waals surface area contributed by atoms with Gasteiger partial charge in [0.15, 0.2) is 0 Å². The maximum atomic E-state index is 11.6. The molecule has 0 spiro atoms. The third-order valence-corrected chi connectivity index (χ3v) is 7.22. The number of aliphatic hydroxyl groups is 1. The number of ether oxygens (including phenoxy) is 2. The Labute approximate surface area is 207 Å². The summed E-state index contributed by atoms with van der Waals surface area (Å²) in [5, 5.41) is 20.6. The second-order valence-corrected chi connectivity index (χ2v) is 9.64. The van der Waals surface area contributed by atoms with Crippen LogP contribution in [0.25, 0.3) is 0 Å². The summed E-state index contributed by atoms with van der Waals surface area (Å²) in [7, 11) is 3.26. The summed E-state index contributed by atoms with van der Waals surface area (Å²) in [6, 6.07) is 14.4. The number of rotatable bonds is 11. The topological polar surface area (TPSA) is 80.9 Å². The first-order chi connectivity index (χ1) is 16.9. The van der Waals surface area contributed by atoms with E-state index in [2.05, 4.69) is 28.8 Å². The Morgan fingerprint density at radius 1 is 1.09 bits per heavy atom. The highest BCUT2D eigenvalue weighted by molar-refractivity contribution is 5.67. The largest absolute Gasteiger partial charge is 0.496 e. The van der Waals surface area contributed by atoms with Crippen molar-refractivity contribution in [2.24, 2.45) is 11.8 Å². The van der Waals surface area contributed by atoms with Gasteiger partial charge in [0.05, 0.1) is 20.3 Å². The molecule has 2 N–H and O–H groups in total.